The minimum atomic E-state index is 0.245. The number of aromatic nitrogens is 2. The number of nitrogens with zero attached hydrogens (tertiary/aromatic N) is 3. The van der Waals surface area contributed by atoms with Crippen molar-refractivity contribution < 1.29 is 0 Å². The molecule has 1 aromatic rings. The van der Waals surface area contributed by atoms with E-state index in [9.17, 15) is 0 Å². The molecule has 1 atom stereocenters. The third-order valence-electron chi connectivity index (χ3n) is 2.97. The maximum atomic E-state index is 4.31. The molecule has 0 radical (unpaired) electrons. The van der Waals surface area contributed by atoms with E-state index in [1.54, 1.807) is 0 Å². The Kier molecular flexibility index (Phi) is 2.14. The largest absolute Gasteiger partial charge is 0.288 e. The number of fused-ring (bicyclic) bond motifs is 1. The molecule has 0 saturated carbocycles. The molecule has 0 bridgehead atoms. The maximum Gasteiger partial charge on any atom is 0.0566 e. The van der Waals surface area contributed by atoms with Crippen LogP contribution < -0.4 is 0 Å². The summed E-state index contributed by atoms with van der Waals surface area (Å²) in [5.41, 5.74) is 1.58. The second-order valence-corrected chi connectivity index (χ2v) is 5.15. The summed E-state index contributed by atoms with van der Waals surface area (Å²) in [5.74, 6) is 0. The summed E-state index contributed by atoms with van der Waals surface area (Å²) in [5, 5.41) is 4.31. The van der Waals surface area contributed by atoms with Gasteiger partial charge in [-0.15, -0.1) is 0 Å². The van der Waals surface area contributed by atoms with Gasteiger partial charge in [0.25, 0.3) is 0 Å². The molecule has 0 aliphatic carbocycles. The smallest absolute Gasteiger partial charge is 0.0566 e. The van der Waals surface area contributed by atoms with Crippen molar-refractivity contribution in [1.29, 1.82) is 0 Å². The van der Waals surface area contributed by atoms with E-state index in [4.69, 9.17) is 0 Å². The molecule has 0 N–H and O–H groups in total. The minimum absolute atomic E-state index is 0.245. The van der Waals surface area contributed by atoms with Gasteiger partial charge in [-0.3, -0.25) is 9.58 Å². The highest BCUT2D eigenvalue weighted by molar-refractivity contribution is 5.05. The lowest BCUT2D eigenvalue weighted by Crippen LogP contribution is -2.51. The molecule has 0 spiro atoms. The summed E-state index contributed by atoms with van der Waals surface area (Å²) in [7, 11) is 0. The molecule has 0 amide bonds. The Hall–Kier alpha value is -0.830. The summed E-state index contributed by atoms with van der Waals surface area (Å²) in [6.45, 7) is 11.1. The minimum Gasteiger partial charge on any atom is -0.288 e. The van der Waals surface area contributed by atoms with Gasteiger partial charge in [0, 0.05) is 24.3 Å². The lowest BCUT2D eigenvalue weighted by Gasteiger charge is -2.43. The topological polar surface area (TPSA) is 21.1 Å². The lowest BCUT2D eigenvalue weighted by molar-refractivity contribution is 0.0490. The highest BCUT2D eigenvalue weighted by atomic mass is 15.4. The second-order valence-electron chi connectivity index (χ2n) is 5.15. The lowest BCUT2D eigenvalue weighted by atomic mass is 10.0. The summed E-state index contributed by atoms with van der Waals surface area (Å²) in [4.78, 5) is 2.53. The molecule has 0 aromatic carbocycles. The predicted molar refractivity (Wildman–Crippen MR) is 57.0 cm³/mol. The molecule has 2 rings (SSSR count). The van der Waals surface area contributed by atoms with Crippen molar-refractivity contribution in [2.45, 2.75) is 52.4 Å². The quantitative estimate of drug-likeness (QED) is 0.627. The fourth-order valence-electron chi connectivity index (χ4n) is 2.24. The van der Waals surface area contributed by atoms with E-state index in [0.29, 0.717) is 6.04 Å². The van der Waals surface area contributed by atoms with Gasteiger partial charge in [0.2, 0.25) is 0 Å². The summed E-state index contributed by atoms with van der Waals surface area (Å²) >= 11 is 0. The monoisotopic (exact) mass is 193 g/mol. The van der Waals surface area contributed by atoms with Crippen LogP contribution in [0.15, 0.2) is 12.3 Å². The molecule has 3 heteroatoms. The first-order chi connectivity index (χ1) is 6.48. The normalized spacial score (nSPS) is 23.6. The zero-order valence-electron chi connectivity index (χ0n) is 9.49. The zero-order valence-corrected chi connectivity index (χ0v) is 9.49. The Morgan fingerprint density at radius 2 is 2.14 bits per heavy atom. The van der Waals surface area contributed by atoms with Crippen LogP contribution in [0.25, 0.3) is 0 Å². The predicted octanol–water partition coefficient (Wildman–Crippen LogP) is 1.89. The Balaban J connectivity index is 2.26. The van der Waals surface area contributed by atoms with Crippen LogP contribution in [0.3, 0.4) is 0 Å². The Bertz CT molecular complexity index is 322. The molecular formula is C11H19N3. The fourth-order valence-corrected chi connectivity index (χ4v) is 2.24. The number of hydrogen-bond donors (Lipinski definition) is 0. The first-order valence-electron chi connectivity index (χ1n) is 5.26. The van der Waals surface area contributed by atoms with Crippen LogP contribution >= 0.6 is 0 Å². The van der Waals surface area contributed by atoms with Crippen LogP contribution in [0.1, 0.15) is 33.4 Å². The van der Waals surface area contributed by atoms with E-state index in [1.807, 2.05) is 6.20 Å². The molecule has 1 aromatic heterocycles. The summed E-state index contributed by atoms with van der Waals surface area (Å²) < 4.78 is 2.12. The molecule has 78 valence electrons. The highest BCUT2D eigenvalue weighted by Gasteiger charge is 2.30. The molecule has 0 saturated heterocycles. The van der Waals surface area contributed by atoms with Crippen LogP contribution in [-0.4, -0.2) is 26.3 Å². The van der Waals surface area contributed by atoms with Crippen LogP contribution in [0.2, 0.25) is 0 Å². The van der Waals surface area contributed by atoms with Gasteiger partial charge in [0.05, 0.1) is 12.2 Å². The van der Waals surface area contributed by atoms with E-state index in [2.05, 4.69) is 48.4 Å². The second kappa shape index (κ2) is 3.09. The third-order valence-corrected chi connectivity index (χ3v) is 2.97. The van der Waals surface area contributed by atoms with Crippen molar-refractivity contribution in [2.24, 2.45) is 0 Å². The van der Waals surface area contributed by atoms with Gasteiger partial charge in [0.1, 0.15) is 0 Å². The Morgan fingerprint density at radius 3 is 2.79 bits per heavy atom. The van der Waals surface area contributed by atoms with E-state index in [-0.39, 0.29) is 5.54 Å². The molecular weight excluding hydrogens is 174 g/mol. The molecule has 14 heavy (non-hydrogen) atoms. The van der Waals surface area contributed by atoms with E-state index >= 15 is 0 Å². The van der Waals surface area contributed by atoms with Crippen molar-refractivity contribution >= 4 is 0 Å². The van der Waals surface area contributed by atoms with Gasteiger partial charge < -0.3 is 0 Å². The van der Waals surface area contributed by atoms with Crippen LogP contribution in [0.4, 0.5) is 0 Å². The van der Waals surface area contributed by atoms with E-state index in [0.717, 1.165) is 13.1 Å². The fraction of sp³-hybridized carbons (Fsp3) is 0.727. The average molecular weight is 193 g/mol. The van der Waals surface area contributed by atoms with Gasteiger partial charge in [-0.25, -0.2) is 0 Å². The molecule has 2 heterocycles. The standard InChI is InChI=1S/C11H19N3/c1-9-7-14-10(5-6-12-14)8-13(9)11(2,3)4/h5-6,9H,7-8H2,1-4H3/t9-/m1/s1. The van der Waals surface area contributed by atoms with Crippen LogP contribution in [-0.2, 0) is 13.1 Å². The van der Waals surface area contributed by atoms with Crippen molar-refractivity contribution in [3.8, 4) is 0 Å². The van der Waals surface area contributed by atoms with Crippen molar-refractivity contribution in [3.63, 3.8) is 0 Å². The molecule has 0 unspecified atom stereocenters. The summed E-state index contributed by atoms with van der Waals surface area (Å²) in [6.07, 6.45) is 1.90. The molecule has 3 nitrogen and oxygen atoms in total. The molecule has 0 fully saturated rings. The maximum absolute atomic E-state index is 4.31. The molecule has 1 aliphatic rings. The van der Waals surface area contributed by atoms with Crippen LogP contribution in [0.5, 0.6) is 0 Å². The van der Waals surface area contributed by atoms with Gasteiger partial charge in [-0.2, -0.15) is 5.10 Å². The summed E-state index contributed by atoms with van der Waals surface area (Å²) in [6, 6.07) is 2.69. The SMILES string of the molecule is C[C@@H]1Cn2nccc2CN1C(C)(C)C. The van der Waals surface area contributed by atoms with E-state index in [1.165, 1.54) is 5.69 Å². The number of hydrogen-bond acceptors (Lipinski definition) is 2. The Labute approximate surface area is 85.7 Å². The first-order valence-corrected chi connectivity index (χ1v) is 5.26. The van der Waals surface area contributed by atoms with Crippen molar-refractivity contribution in [3.05, 3.63) is 18.0 Å². The van der Waals surface area contributed by atoms with Gasteiger partial charge in [0.15, 0.2) is 0 Å². The third kappa shape index (κ3) is 1.57. The van der Waals surface area contributed by atoms with Crippen molar-refractivity contribution in [1.82, 2.24) is 14.7 Å². The average Bonchev–Trinajstić information content (AvgIpc) is 2.47. The zero-order chi connectivity index (χ0) is 10.3. The molecule has 1 aliphatic heterocycles. The first kappa shape index (κ1) is 9.71. The van der Waals surface area contributed by atoms with E-state index < -0.39 is 0 Å². The Morgan fingerprint density at radius 1 is 1.43 bits per heavy atom. The highest BCUT2D eigenvalue weighted by Crippen LogP contribution is 2.24. The van der Waals surface area contributed by atoms with Gasteiger partial charge in [-0.1, -0.05) is 0 Å². The van der Waals surface area contributed by atoms with Crippen molar-refractivity contribution in [2.75, 3.05) is 0 Å². The number of rotatable bonds is 0. The van der Waals surface area contributed by atoms with Crippen LogP contribution in [0, 0.1) is 0 Å². The van der Waals surface area contributed by atoms with Gasteiger partial charge >= 0.3 is 0 Å². The van der Waals surface area contributed by atoms with Gasteiger partial charge in [-0.05, 0) is 33.8 Å².